The van der Waals surface area contributed by atoms with E-state index in [4.69, 9.17) is 11.6 Å². The van der Waals surface area contributed by atoms with Gasteiger partial charge in [-0.15, -0.1) is 5.10 Å². The highest BCUT2D eigenvalue weighted by Gasteiger charge is 2.13. The summed E-state index contributed by atoms with van der Waals surface area (Å²) in [5.74, 6) is 0.678. The molecule has 2 heterocycles. The second-order valence-electron chi connectivity index (χ2n) is 5.88. The number of nitrogens with one attached hydrogen (secondary N) is 1. The van der Waals surface area contributed by atoms with E-state index in [1.807, 2.05) is 26.0 Å². The minimum Gasteiger partial charge on any atom is -0.306 e. The Bertz CT molecular complexity index is 595. The lowest BCUT2D eigenvalue weighted by Crippen LogP contribution is -2.35. The molecular weight excluding hydrogens is 274 g/mol. The van der Waals surface area contributed by atoms with Crippen molar-refractivity contribution in [2.75, 3.05) is 0 Å². The molecule has 0 radical (unpaired) electrons. The van der Waals surface area contributed by atoms with Gasteiger partial charge in [0.2, 0.25) is 0 Å². The molecule has 20 heavy (non-hydrogen) atoms. The number of aromatic nitrogens is 4. The van der Waals surface area contributed by atoms with Crippen molar-refractivity contribution in [3.8, 4) is 5.82 Å². The highest BCUT2D eigenvalue weighted by Crippen LogP contribution is 2.21. The van der Waals surface area contributed by atoms with E-state index >= 15 is 0 Å². The first-order valence-electron chi connectivity index (χ1n) is 6.57. The molecule has 0 aliphatic rings. The van der Waals surface area contributed by atoms with E-state index in [9.17, 15) is 0 Å². The van der Waals surface area contributed by atoms with Gasteiger partial charge < -0.3 is 5.32 Å². The summed E-state index contributed by atoms with van der Waals surface area (Å²) in [5.41, 5.74) is 2.63. The van der Waals surface area contributed by atoms with Crippen LogP contribution in [-0.4, -0.2) is 25.5 Å². The van der Waals surface area contributed by atoms with Crippen molar-refractivity contribution in [2.45, 2.75) is 46.7 Å². The van der Waals surface area contributed by atoms with Crippen LogP contribution in [-0.2, 0) is 6.54 Å². The third-order valence-corrected chi connectivity index (χ3v) is 3.47. The van der Waals surface area contributed by atoms with Gasteiger partial charge in [0.15, 0.2) is 5.82 Å². The highest BCUT2D eigenvalue weighted by molar-refractivity contribution is 6.31. The maximum absolute atomic E-state index is 6.14. The molecule has 0 aliphatic heterocycles. The number of hydrogen-bond acceptors (Lipinski definition) is 4. The van der Waals surface area contributed by atoms with E-state index in [2.05, 4.69) is 41.4 Å². The molecule has 2 rings (SSSR count). The summed E-state index contributed by atoms with van der Waals surface area (Å²) in [6.07, 6.45) is 0. The molecule has 0 unspecified atom stereocenters. The molecule has 0 bridgehead atoms. The Hall–Kier alpha value is -1.46. The molecule has 0 saturated carbocycles. The summed E-state index contributed by atoms with van der Waals surface area (Å²) in [7, 11) is 0. The Labute approximate surface area is 124 Å². The number of hydrogen-bond donors (Lipinski definition) is 1. The van der Waals surface area contributed by atoms with Crippen LogP contribution in [0.1, 0.15) is 37.9 Å². The Morgan fingerprint density at radius 3 is 2.35 bits per heavy atom. The maximum Gasteiger partial charge on any atom is 0.175 e. The third-order valence-electron chi connectivity index (χ3n) is 2.93. The Balaban J connectivity index is 2.18. The molecule has 0 aliphatic carbocycles. The number of halogens is 1. The third kappa shape index (κ3) is 3.35. The van der Waals surface area contributed by atoms with Gasteiger partial charge in [-0.25, -0.2) is 4.68 Å². The zero-order valence-corrected chi connectivity index (χ0v) is 13.3. The molecule has 5 nitrogen and oxygen atoms in total. The number of rotatable bonds is 3. The molecule has 2 aromatic rings. The van der Waals surface area contributed by atoms with Gasteiger partial charge in [-0.05, 0) is 46.8 Å². The molecule has 0 fully saturated rings. The lowest BCUT2D eigenvalue weighted by Gasteiger charge is -2.19. The summed E-state index contributed by atoms with van der Waals surface area (Å²) < 4.78 is 1.71. The first kappa shape index (κ1) is 14.9. The van der Waals surface area contributed by atoms with Gasteiger partial charge in [-0.3, -0.25) is 0 Å². The SMILES string of the molecule is Cc1nn(-c2ccc(CNC(C)(C)C)nn2)c(C)c1Cl. The van der Waals surface area contributed by atoms with E-state index in [-0.39, 0.29) is 5.54 Å². The van der Waals surface area contributed by atoms with Crippen LogP contribution >= 0.6 is 11.6 Å². The fraction of sp³-hybridized carbons (Fsp3) is 0.500. The molecule has 6 heteroatoms. The van der Waals surface area contributed by atoms with Crippen molar-refractivity contribution < 1.29 is 0 Å². The Morgan fingerprint density at radius 2 is 1.90 bits per heavy atom. The van der Waals surface area contributed by atoms with E-state index in [1.165, 1.54) is 0 Å². The minimum absolute atomic E-state index is 0.0591. The van der Waals surface area contributed by atoms with Crippen LogP contribution in [0.3, 0.4) is 0 Å². The van der Waals surface area contributed by atoms with Gasteiger partial charge in [0.25, 0.3) is 0 Å². The lowest BCUT2D eigenvalue weighted by atomic mass is 10.1. The van der Waals surface area contributed by atoms with Crippen LogP contribution in [0.4, 0.5) is 0 Å². The summed E-state index contributed by atoms with van der Waals surface area (Å²) in [5, 5.41) is 16.8. The van der Waals surface area contributed by atoms with Gasteiger partial charge >= 0.3 is 0 Å². The summed E-state index contributed by atoms with van der Waals surface area (Å²) in [6.45, 7) is 10.8. The topological polar surface area (TPSA) is 55.6 Å². The zero-order valence-electron chi connectivity index (χ0n) is 12.5. The van der Waals surface area contributed by atoms with E-state index in [0.717, 1.165) is 17.1 Å². The molecule has 2 aromatic heterocycles. The molecule has 0 atom stereocenters. The number of nitrogens with zero attached hydrogens (tertiary/aromatic N) is 4. The van der Waals surface area contributed by atoms with Crippen LogP contribution < -0.4 is 5.32 Å². The van der Waals surface area contributed by atoms with Crippen LogP contribution in [0.5, 0.6) is 0 Å². The lowest BCUT2D eigenvalue weighted by molar-refractivity contribution is 0.420. The number of aryl methyl sites for hydroxylation is 1. The Morgan fingerprint density at radius 1 is 1.20 bits per heavy atom. The standard InChI is InChI=1S/C14H20ClN5/c1-9-13(15)10(2)20(19-9)12-7-6-11(17-18-12)8-16-14(3,4)5/h6-7,16H,8H2,1-5H3. The van der Waals surface area contributed by atoms with Gasteiger partial charge in [-0.1, -0.05) is 11.6 Å². The summed E-state index contributed by atoms with van der Waals surface area (Å²) >= 11 is 6.14. The van der Waals surface area contributed by atoms with Gasteiger partial charge in [0.1, 0.15) is 0 Å². The Kier molecular flexibility index (Phi) is 4.11. The molecule has 1 N–H and O–H groups in total. The fourth-order valence-electron chi connectivity index (χ4n) is 1.76. The highest BCUT2D eigenvalue weighted by atomic mass is 35.5. The smallest absolute Gasteiger partial charge is 0.175 e. The normalized spacial score (nSPS) is 11.9. The maximum atomic E-state index is 6.14. The van der Waals surface area contributed by atoms with Crippen molar-refractivity contribution in [3.05, 3.63) is 34.2 Å². The van der Waals surface area contributed by atoms with E-state index in [1.54, 1.807) is 4.68 Å². The van der Waals surface area contributed by atoms with Crippen molar-refractivity contribution >= 4 is 11.6 Å². The second kappa shape index (κ2) is 5.50. The van der Waals surface area contributed by atoms with E-state index < -0.39 is 0 Å². The van der Waals surface area contributed by atoms with Crippen molar-refractivity contribution in [2.24, 2.45) is 0 Å². The monoisotopic (exact) mass is 293 g/mol. The predicted molar refractivity (Wildman–Crippen MR) is 80.2 cm³/mol. The largest absolute Gasteiger partial charge is 0.306 e. The van der Waals surface area contributed by atoms with Gasteiger partial charge in [0, 0.05) is 12.1 Å². The molecule has 108 valence electrons. The fourth-order valence-corrected chi connectivity index (χ4v) is 1.88. The van der Waals surface area contributed by atoms with Gasteiger partial charge in [0.05, 0.1) is 22.1 Å². The average Bonchev–Trinajstić information content (AvgIpc) is 2.64. The van der Waals surface area contributed by atoms with Crippen LogP contribution in [0.2, 0.25) is 5.02 Å². The summed E-state index contributed by atoms with van der Waals surface area (Å²) in [6, 6.07) is 3.86. The van der Waals surface area contributed by atoms with Crippen molar-refractivity contribution in [1.82, 2.24) is 25.3 Å². The van der Waals surface area contributed by atoms with Crippen LogP contribution in [0.15, 0.2) is 12.1 Å². The molecule has 0 aromatic carbocycles. The minimum atomic E-state index is 0.0591. The van der Waals surface area contributed by atoms with Crippen LogP contribution in [0, 0.1) is 13.8 Å². The quantitative estimate of drug-likeness (QED) is 0.945. The van der Waals surface area contributed by atoms with Crippen molar-refractivity contribution in [3.63, 3.8) is 0 Å². The first-order chi connectivity index (χ1) is 9.28. The molecule has 0 spiro atoms. The predicted octanol–water partition coefficient (Wildman–Crippen LogP) is 2.82. The van der Waals surface area contributed by atoms with Crippen LogP contribution in [0.25, 0.3) is 5.82 Å². The molecule has 0 amide bonds. The van der Waals surface area contributed by atoms with E-state index in [0.29, 0.717) is 17.4 Å². The first-order valence-corrected chi connectivity index (χ1v) is 6.95. The molecule has 0 saturated heterocycles. The van der Waals surface area contributed by atoms with Crippen molar-refractivity contribution in [1.29, 1.82) is 0 Å². The summed E-state index contributed by atoms with van der Waals surface area (Å²) in [4.78, 5) is 0. The van der Waals surface area contributed by atoms with Gasteiger partial charge in [-0.2, -0.15) is 10.2 Å². The zero-order chi connectivity index (χ0) is 14.9. The average molecular weight is 294 g/mol. The second-order valence-corrected chi connectivity index (χ2v) is 6.26. The molecular formula is C14H20ClN5.